The fraction of sp³-hybridized carbons (Fsp3) is 0.500. The van der Waals surface area contributed by atoms with Crippen LogP contribution in [0.15, 0.2) is 18.2 Å². The largest absolute Gasteiger partial charge is 0.383 e. The lowest BCUT2D eigenvalue weighted by Crippen LogP contribution is -2.08. The van der Waals surface area contributed by atoms with Crippen LogP contribution in [0.2, 0.25) is 0 Å². The maximum Gasteiger partial charge on any atom is 0.221 e. The quantitative estimate of drug-likeness (QED) is 0.725. The number of benzene rings is 1. The van der Waals surface area contributed by atoms with E-state index >= 15 is 0 Å². The molecule has 4 heteroatoms. The van der Waals surface area contributed by atoms with E-state index in [9.17, 15) is 9.18 Å². The first-order valence-electron chi connectivity index (χ1n) is 6.44. The second-order valence-corrected chi connectivity index (χ2v) is 4.36. The van der Waals surface area contributed by atoms with Gasteiger partial charge >= 0.3 is 0 Å². The molecule has 18 heavy (non-hydrogen) atoms. The molecule has 100 valence electrons. The van der Waals surface area contributed by atoms with Gasteiger partial charge in [0.1, 0.15) is 5.82 Å². The van der Waals surface area contributed by atoms with Crippen molar-refractivity contribution in [2.75, 3.05) is 17.2 Å². The summed E-state index contributed by atoms with van der Waals surface area (Å²) in [7, 11) is 0. The van der Waals surface area contributed by atoms with Crippen LogP contribution in [0.5, 0.6) is 0 Å². The number of halogens is 1. The summed E-state index contributed by atoms with van der Waals surface area (Å²) in [5, 5.41) is 5.70. The molecule has 0 aromatic heterocycles. The summed E-state index contributed by atoms with van der Waals surface area (Å²) < 4.78 is 13.5. The average molecular weight is 252 g/mol. The lowest BCUT2D eigenvalue weighted by atomic mass is 10.2. The monoisotopic (exact) mass is 252 g/mol. The van der Waals surface area contributed by atoms with Gasteiger partial charge < -0.3 is 10.6 Å². The first-order chi connectivity index (χ1) is 8.63. The van der Waals surface area contributed by atoms with Crippen molar-refractivity contribution in [1.82, 2.24) is 0 Å². The SMILES string of the molecule is CCCCCCNc1cc(NC(C)=O)ccc1F. The molecule has 0 aliphatic rings. The number of carbonyl (C=O) groups is 1. The van der Waals surface area contributed by atoms with Crippen molar-refractivity contribution in [2.45, 2.75) is 39.5 Å². The molecule has 1 aromatic rings. The van der Waals surface area contributed by atoms with Gasteiger partial charge in [-0.05, 0) is 24.6 Å². The van der Waals surface area contributed by atoms with E-state index in [1.54, 1.807) is 12.1 Å². The lowest BCUT2D eigenvalue weighted by molar-refractivity contribution is -0.114. The third kappa shape index (κ3) is 5.17. The van der Waals surface area contributed by atoms with Crippen molar-refractivity contribution in [3.63, 3.8) is 0 Å². The van der Waals surface area contributed by atoms with Crippen LogP contribution >= 0.6 is 0 Å². The average Bonchev–Trinajstić information content (AvgIpc) is 2.32. The first kappa shape index (κ1) is 14.5. The predicted octanol–water partition coefficient (Wildman–Crippen LogP) is 3.78. The zero-order chi connectivity index (χ0) is 13.4. The number of amides is 1. The molecule has 2 N–H and O–H groups in total. The highest BCUT2D eigenvalue weighted by molar-refractivity contribution is 5.89. The summed E-state index contributed by atoms with van der Waals surface area (Å²) in [6.07, 6.45) is 4.57. The van der Waals surface area contributed by atoms with Gasteiger partial charge in [0.15, 0.2) is 0 Å². The Labute approximate surface area is 108 Å². The molecule has 0 spiro atoms. The number of nitrogens with one attached hydrogen (secondary N) is 2. The maximum atomic E-state index is 13.5. The Bertz CT molecular complexity index is 393. The van der Waals surface area contributed by atoms with Gasteiger partial charge in [0, 0.05) is 19.2 Å². The minimum absolute atomic E-state index is 0.157. The van der Waals surface area contributed by atoms with Gasteiger partial charge in [-0.25, -0.2) is 4.39 Å². The van der Waals surface area contributed by atoms with Crippen molar-refractivity contribution in [3.05, 3.63) is 24.0 Å². The van der Waals surface area contributed by atoms with Crippen LogP contribution in [-0.2, 0) is 4.79 Å². The Hall–Kier alpha value is -1.58. The molecule has 3 nitrogen and oxygen atoms in total. The van der Waals surface area contributed by atoms with Crippen LogP contribution in [0.4, 0.5) is 15.8 Å². The molecule has 1 rings (SSSR count). The van der Waals surface area contributed by atoms with Crippen molar-refractivity contribution >= 4 is 17.3 Å². The highest BCUT2D eigenvalue weighted by atomic mass is 19.1. The van der Waals surface area contributed by atoms with Crippen molar-refractivity contribution in [1.29, 1.82) is 0 Å². The Kier molecular flexibility index (Phi) is 6.19. The minimum atomic E-state index is -0.292. The van der Waals surface area contributed by atoms with E-state index < -0.39 is 0 Å². The van der Waals surface area contributed by atoms with Gasteiger partial charge in [0.05, 0.1) is 5.69 Å². The number of unbranched alkanes of at least 4 members (excludes halogenated alkanes) is 3. The van der Waals surface area contributed by atoms with Crippen molar-refractivity contribution in [2.24, 2.45) is 0 Å². The fourth-order valence-electron chi connectivity index (χ4n) is 1.72. The van der Waals surface area contributed by atoms with E-state index in [0.717, 1.165) is 19.4 Å². The number of hydrogen-bond donors (Lipinski definition) is 2. The Balaban J connectivity index is 2.50. The molecule has 0 aliphatic carbocycles. The van der Waals surface area contributed by atoms with Crippen LogP contribution in [0.1, 0.15) is 39.5 Å². The van der Waals surface area contributed by atoms with E-state index in [2.05, 4.69) is 17.6 Å². The van der Waals surface area contributed by atoms with E-state index in [1.807, 2.05) is 0 Å². The number of hydrogen-bond acceptors (Lipinski definition) is 2. The molecule has 0 saturated carbocycles. The topological polar surface area (TPSA) is 41.1 Å². The smallest absolute Gasteiger partial charge is 0.221 e. The van der Waals surface area contributed by atoms with Gasteiger partial charge in [-0.15, -0.1) is 0 Å². The standard InChI is InChI=1S/C14H21FN2O/c1-3-4-5-6-9-16-14-10-12(17-11(2)18)7-8-13(14)15/h7-8,10,16H,3-6,9H2,1-2H3,(H,17,18). The molecule has 0 radical (unpaired) electrons. The molecule has 1 aromatic carbocycles. The van der Waals surface area contributed by atoms with Crippen LogP contribution < -0.4 is 10.6 Å². The number of rotatable bonds is 7. The predicted molar refractivity (Wildman–Crippen MR) is 73.3 cm³/mol. The summed E-state index contributed by atoms with van der Waals surface area (Å²) in [6, 6.07) is 4.54. The molecule has 0 bridgehead atoms. The fourth-order valence-corrected chi connectivity index (χ4v) is 1.72. The number of carbonyl (C=O) groups excluding carboxylic acids is 1. The summed E-state index contributed by atoms with van der Waals surface area (Å²) in [5.74, 6) is -0.449. The van der Waals surface area contributed by atoms with Gasteiger partial charge in [0.25, 0.3) is 0 Å². The third-order valence-corrected chi connectivity index (χ3v) is 2.63. The first-order valence-corrected chi connectivity index (χ1v) is 6.44. The zero-order valence-electron chi connectivity index (χ0n) is 11.1. The highest BCUT2D eigenvalue weighted by Gasteiger charge is 2.03. The Morgan fingerprint density at radius 3 is 2.72 bits per heavy atom. The molecular formula is C14H21FN2O. The third-order valence-electron chi connectivity index (χ3n) is 2.63. The molecule has 0 atom stereocenters. The highest BCUT2D eigenvalue weighted by Crippen LogP contribution is 2.19. The summed E-state index contributed by atoms with van der Waals surface area (Å²) in [5.41, 5.74) is 1.05. The molecule has 0 fully saturated rings. The summed E-state index contributed by atoms with van der Waals surface area (Å²) in [6.45, 7) is 4.34. The van der Waals surface area contributed by atoms with Crippen LogP contribution in [0, 0.1) is 5.82 Å². The second-order valence-electron chi connectivity index (χ2n) is 4.36. The van der Waals surface area contributed by atoms with Crippen molar-refractivity contribution in [3.8, 4) is 0 Å². The lowest BCUT2D eigenvalue weighted by Gasteiger charge is -2.09. The maximum absolute atomic E-state index is 13.5. The normalized spacial score (nSPS) is 10.2. The number of anilines is 2. The van der Waals surface area contributed by atoms with Crippen molar-refractivity contribution < 1.29 is 9.18 Å². The second kappa shape index (κ2) is 7.69. The van der Waals surface area contributed by atoms with E-state index in [4.69, 9.17) is 0 Å². The van der Waals surface area contributed by atoms with Crippen LogP contribution in [0.25, 0.3) is 0 Å². The molecule has 1 amide bonds. The minimum Gasteiger partial charge on any atom is -0.383 e. The van der Waals surface area contributed by atoms with Crippen LogP contribution in [0.3, 0.4) is 0 Å². The van der Waals surface area contributed by atoms with Crippen LogP contribution in [-0.4, -0.2) is 12.5 Å². The van der Waals surface area contributed by atoms with Gasteiger partial charge in [0.2, 0.25) is 5.91 Å². The zero-order valence-corrected chi connectivity index (χ0v) is 11.1. The Morgan fingerprint density at radius 2 is 2.06 bits per heavy atom. The molecule has 0 aliphatic heterocycles. The van der Waals surface area contributed by atoms with E-state index in [-0.39, 0.29) is 11.7 Å². The van der Waals surface area contributed by atoms with Gasteiger partial charge in [-0.3, -0.25) is 4.79 Å². The molecular weight excluding hydrogens is 231 g/mol. The molecule has 0 heterocycles. The van der Waals surface area contributed by atoms with E-state index in [0.29, 0.717) is 11.4 Å². The summed E-state index contributed by atoms with van der Waals surface area (Å²) in [4.78, 5) is 10.9. The van der Waals surface area contributed by atoms with Gasteiger partial charge in [-0.2, -0.15) is 0 Å². The van der Waals surface area contributed by atoms with E-state index in [1.165, 1.54) is 25.8 Å². The molecule has 0 unspecified atom stereocenters. The summed E-state index contributed by atoms with van der Waals surface area (Å²) >= 11 is 0. The molecule has 0 saturated heterocycles. The Morgan fingerprint density at radius 1 is 1.28 bits per heavy atom. The van der Waals surface area contributed by atoms with Gasteiger partial charge in [-0.1, -0.05) is 26.2 Å².